The van der Waals surface area contributed by atoms with Crippen molar-refractivity contribution in [3.05, 3.63) is 66.6 Å². The highest BCUT2D eigenvalue weighted by Gasteiger charge is 2.09. The number of aromatic nitrogens is 2. The number of carbonyl (C=O) groups excluding carboxylic acids is 1. The Morgan fingerprint density at radius 3 is 3.00 bits per heavy atom. The van der Waals surface area contributed by atoms with E-state index in [0.717, 1.165) is 21.7 Å². The maximum Gasteiger partial charge on any atom is 0.230 e. The molecule has 4 aromatic rings. The van der Waals surface area contributed by atoms with E-state index in [1.165, 1.54) is 4.70 Å². The first-order valence-electron chi connectivity index (χ1n) is 6.99. The van der Waals surface area contributed by atoms with Gasteiger partial charge in [0.25, 0.3) is 0 Å². The monoisotopic (exact) mass is 307 g/mol. The first-order chi connectivity index (χ1) is 10.8. The average Bonchev–Trinajstić information content (AvgIpc) is 3.12. The molecule has 0 atom stereocenters. The van der Waals surface area contributed by atoms with Crippen LogP contribution in [0.1, 0.15) is 5.69 Å². The molecule has 0 unspecified atom stereocenters. The summed E-state index contributed by atoms with van der Waals surface area (Å²) in [6, 6.07) is 15.9. The number of carbonyl (C=O) groups is 1. The lowest BCUT2D eigenvalue weighted by Crippen LogP contribution is -2.15. The maximum absolute atomic E-state index is 12.3. The smallest absolute Gasteiger partial charge is 0.230 e. The SMILES string of the molecule is O=C(Cc1cccc2nccn12)Nc1cc2ccccc2s1. The van der Waals surface area contributed by atoms with E-state index < -0.39 is 0 Å². The Kier molecular flexibility index (Phi) is 3.12. The van der Waals surface area contributed by atoms with E-state index in [1.54, 1.807) is 17.5 Å². The average molecular weight is 307 g/mol. The zero-order chi connectivity index (χ0) is 14.9. The van der Waals surface area contributed by atoms with Crippen LogP contribution in [0.2, 0.25) is 0 Å². The van der Waals surface area contributed by atoms with Gasteiger partial charge in [-0.25, -0.2) is 4.98 Å². The van der Waals surface area contributed by atoms with Crippen LogP contribution < -0.4 is 5.32 Å². The van der Waals surface area contributed by atoms with Crippen molar-refractivity contribution in [1.29, 1.82) is 0 Å². The number of anilines is 1. The summed E-state index contributed by atoms with van der Waals surface area (Å²) in [5.74, 6) is -0.0206. The van der Waals surface area contributed by atoms with Crippen LogP contribution in [0.3, 0.4) is 0 Å². The first-order valence-corrected chi connectivity index (χ1v) is 7.81. The highest BCUT2D eigenvalue weighted by molar-refractivity contribution is 7.22. The predicted octanol–water partition coefficient (Wildman–Crippen LogP) is 3.73. The fourth-order valence-corrected chi connectivity index (χ4v) is 3.52. The lowest BCUT2D eigenvalue weighted by Gasteiger charge is -2.05. The van der Waals surface area contributed by atoms with Gasteiger partial charge < -0.3 is 9.72 Å². The standard InChI is InChI=1S/C17H13N3OS/c21-16(11-13-5-3-7-15-18-8-9-20(13)15)19-17-10-12-4-1-2-6-14(12)22-17/h1-10H,11H2,(H,19,21). The molecule has 3 aromatic heterocycles. The number of rotatable bonds is 3. The number of imidazole rings is 1. The van der Waals surface area contributed by atoms with Gasteiger partial charge in [0.15, 0.2) is 0 Å². The van der Waals surface area contributed by atoms with Gasteiger partial charge in [0.2, 0.25) is 5.91 Å². The van der Waals surface area contributed by atoms with Crippen LogP contribution in [0.25, 0.3) is 15.7 Å². The molecule has 4 rings (SSSR count). The molecule has 0 saturated heterocycles. The molecule has 0 spiro atoms. The Morgan fingerprint density at radius 2 is 2.09 bits per heavy atom. The number of benzene rings is 1. The highest BCUT2D eigenvalue weighted by atomic mass is 32.1. The van der Waals surface area contributed by atoms with Crippen molar-refractivity contribution < 1.29 is 4.79 Å². The molecular formula is C17H13N3OS. The number of amides is 1. The Bertz CT molecular complexity index is 937. The molecule has 4 nitrogen and oxygen atoms in total. The number of hydrogen-bond donors (Lipinski definition) is 1. The molecule has 0 saturated carbocycles. The van der Waals surface area contributed by atoms with Gasteiger partial charge in [0.05, 0.1) is 11.4 Å². The third kappa shape index (κ3) is 2.35. The van der Waals surface area contributed by atoms with Crippen LogP contribution in [0.5, 0.6) is 0 Å². The Morgan fingerprint density at radius 1 is 1.18 bits per heavy atom. The molecule has 0 radical (unpaired) electrons. The van der Waals surface area contributed by atoms with Crippen LogP contribution in [0.15, 0.2) is 60.9 Å². The number of nitrogens with zero attached hydrogens (tertiary/aromatic N) is 2. The van der Waals surface area contributed by atoms with Crippen molar-refractivity contribution in [2.24, 2.45) is 0 Å². The molecular weight excluding hydrogens is 294 g/mol. The molecule has 0 aliphatic carbocycles. The summed E-state index contributed by atoms with van der Waals surface area (Å²) in [4.78, 5) is 16.5. The Hall–Kier alpha value is -2.66. The molecule has 5 heteroatoms. The summed E-state index contributed by atoms with van der Waals surface area (Å²) in [7, 11) is 0. The fraction of sp³-hybridized carbons (Fsp3) is 0.0588. The van der Waals surface area contributed by atoms with E-state index >= 15 is 0 Å². The molecule has 0 aliphatic rings. The van der Waals surface area contributed by atoms with Gasteiger partial charge in [-0.3, -0.25) is 4.79 Å². The number of nitrogens with one attached hydrogen (secondary N) is 1. The summed E-state index contributed by atoms with van der Waals surface area (Å²) in [6.45, 7) is 0. The van der Waals surface area contributed by atoms with Gasteiger partial charge in [-0.1, -0.05) is 24.3 Å². The third-order valence-electron chi connectivity index (χ3n) is 3.54. The predicted molar refractivity (Wildman–Crippen MR) is 89.4 cm³/mol. The normalized spacial score (nSPS) is 11.1. The topological polar surface area (TPSA) is 46.4 Å². The van der Waals surface area contributed by atoms with Gasteiger partial charge in [-0.15, -0.1) is 11.3 Å². The summed E-state index contributed by atoms with van der Waals surface area (Å²) in [5, 5.41) is 5.01. The van der Waals surface area contributed by atoms with Crippen molar-refractivity contribution in [3.63, 3.8) is 0 Å². The molecule has 108 valence electrons. The van der Waals surface area contributed by atoms with Gasteiger partial charge >= 0.3 is 0 Å². The zero-order valence-electron chi connectivity index (χ0n) is 11.7. The fourth-order valence-electron chi connectivity index (χ4n) is 2.54. The maximum atomic E-state index is 12.3. The second-order valence-corrected chi connectivity index (χ2v) is 6.13. The van der Waals surface area contributed by atoms with Crippen LogP contribution in [-0.2, 0) is 11.2 Å². The van der Waals surface area contributed by atoms with Gasteiger partial charge in [0.1, 0.15) is 5.65 Å². The van der Waals surface area contributed by atoms with E-state index in [2.05, 4.69) is 16.4 Å². The van der Waals surface area contributed by atoms with Crippen molar-refractivity contribution in [3.8, 4) is 0 Å². The van der Waals surface area contributed by atoms with Gasteiger partial charge in [-0.2, -0.15) is 0 Å². The Balaban J connectivity index is 1.56. The van der Waals surface area contributed by atoms with Crippen molar-refractivity contribution in [1.82, 2.24) is 9.38 Å². The number of thiophene rings is 1. The number of hydrogen-bond acceptors (Lipinski definition) is 3. The summed E-state index contributed by atoms with van der Waals surface area (Å²) >= 11 is 1.59. The van der Waals surface area contributed by atoms with Crippen molar-refractivity contribution in [2.45, 2.75) is 6.42 Å². The Labute approximate surface area is 131 Å². The van der Waals surface area contributed by atoms with E-state index in [1.807, 2.05) is 53.1 Å². The minimum atomic E-state index is -0.0206. The largest absolute Gasteiger partial charge is 0.317 e. The number of fused-ring (bicyclic) bond motifs is 2. The van der Waals surface area contributed by atoms with Crippen LogP contribution in [0.4, 0.5) is 5.00 Å². The summed E-state index contributed by atoms with van der Waals surface area (Å²) in [6.07, 6.45) is 3.93. The molecule has 1 aromatic carbocycles. The molecule has 0 aliphatic heterocycles. The second kappa shape index (κ2) is 5.27. The van der Waals surface area contributed by atoms with Crippen LogP contribution in [0, 0.1) is 0 Å². The van der Waals surface area contributed by atoms with Gasteiger partial charge in [0, 0.05) is 22.8 Å². The van der Waals surface area contributed by atoms with Crippen LogP contribution >= 0.6 is 11.3 Å². The van der Waals surface area contributed by atoms with E-state index in [9.17, 15) is 4.79 Å². The van der Waals surface area contributed by atoms with Crippen molar-refractivity contribution in [2.75, 3.05) is 5.32 Å². The van der Waals surface area contributed by atoms with E-state index in [-0.39, 0.29) is 5.91 Å². The van der Waals surface area contributed by atoms with E-state index in [4.69, 9.17) is 0 Å². The quantitative estimate of drug-likeness (QED) is 0.627. The molecule has 3 heterocycles. The lowest BCUT2D eigenvalue weighted by molar-refractivity contribution is -0.115. The molecule has 0 bridgehead atoms. The van der Waals surface area contributed by atoms with E-state index in [0.29, 0.717) is 6.42 Å². The van der Waals surface area contributed by atoms with Gasteiger partial charge in [-0.05, 0) is 29.7 Å². The zero-order valence-corrected chi connectivity index (χ0v) is 12.5. The summed E-state index contributed by atoms with van der Waals surface area (Å²) < 4.78 is 3.11. The lowest BCUT2D eigenvalue weighted by atomic mass is 10.2. The minimum Gasteiger partial charge on any atom is -0.317 e. The van der Waals surface area contributed by atoms with Crippen LogP contribution in [-0.4, -0.2) is 15.3 Å². The minimum absolute atomic E-state index is 0.0206. The molecule has 1 amide bonds. The first kappa shape index (κ1) is 13.0. The third-order valence-corrected chi connectivity index (χ3v) is 4.57. The highest BCUT2D eigenvalue weighted by Crippen LogP contribution is 2.29. The molecule has 22 heavy (non-hydrogen) atoms. The molecule has 0 fully saturated rings. The second-order valence-electron chi connectivity index (χ2n) is 5.05. The van der Waals surface area contributed by atoms with Crippen molar-refractivity contribution >= 4 is 38.0 Å². The molecule has 1 N–H and O–H groups in total. The summed E-state index contributed by atoms with van der Waals surface area (Å²) in [5.41, 5.74) is 1.78. The number of pyridine rings is 1.